The van der Waals surface area contributed by atoms with Crippen LogP contribution in [0.15, 0.2) is 36.4 Å². The molecule has 0 aliphatic heterocycles. The van der Waals surface area contributed by atoms with Crippen LogP contribution in [-0.2, 0) is 17.9 Å². The fraction of sp³-hybridized carbons (Fsp3) is 0.333. The zero-order valence-corrected chi connectivity index (χ0v) is 17.3. The first-order valence-corrected chi connectivity index (χ1v) is 9.21. The summed E-state index contributed by atoms with van der Waals surface area (Å²) in [5.74, 6) is 1.51. The number of rotatable bonds is 7. The van der Waals surface area contributed by atoms with Crippen molar-refractivity contribution in [2.24, 2.45) is 0 Å². The standard InChI is InChI=1S/C21H25N5O3/c1-14-6-7-17(15(2)10-14)12-25(3)20(27)13-26-23-21(22-24-26)16-8-9-18(28-4)19(11-16)29-5/h6-11H,12-13H2,1-5H3. The topological polar surface area (TPSA) is 82.4 Å². The highest BCUT2D eigenvalue weighted by Gasteiger charge is 2.15. The molecule has 0 N–H and O–H groups in total. The Labute approximate surface area is 170 Å². The molecule has 0 aliphatic rings. The van der Waals surface area contributed by atoms with E-state index in [-0.39, 0.29) is 12.5 Å². The molecule has 0 bridgehead atoms. The minimum absolute atomic E-state index is 0.0156. The Hall–Kier alpha value is -3.42. The molecular weight excluding hydrogens is 370 g/mol. The number of hydrogen-bond acceptors (Lipinski definition) is 6. The Balaban J connectivity index is 1.68. The van der Waals surface area contributed by atoms with Crippen molar-refractivity contribution in [1.29, 1.82) is 0 Å². The van der Waals surface area contributed by atoms with E-state index in [4.69, 9.17) is 9.47 Å². The summed E-state index contributed by atoms with van der Waals surface area (Å²) in [4.78, 5) is 15.5. The number of benzene rings is 2. The third kappa shape index (κ3) is 4.71. The van der Waals surface area contributed by atoms with Crippen molar-refractivity contribution in [3.63, 3.8) is 0 Å². The van der Waals surface area contributed by atoms with Gasteiger partial charge in [-0.25, -0.2) is 0 Å². The minimum Gasteiger partial charge on any atom is -0.493 e. The molecule has 0 fully saturated rings. The molecule has 3 rings (SSSR count). The molecule has 8 heteroatoms. The van der Waals surface area contributed by atoms with Crippen LogP contribution in [0.5, 0.6) is 11.5 Å². The van der Waals surface area contributed by atoms with Crippen LogP contribution in [0.4, 0.5) is 0 Å². The summed E-state index contributed by atoms with van der Waals surface area (Å²) < 4.78 is 10.5. The lowest BCUT2D eigenvalue weighted by molar-refractivity contribution is -0.131. The number of carbonyl (C=O) groups excluding carboxylic acids is 1. The van der Waals surface area contributed by atoms with Gasteiger partial charge in [0.15, 0.2) is 11.5 Å². The Bertz CT molecular complexity index is 1020. The average molecular weight is 395 g/mol. The predicted molar refractivity (Wildman–Crippen MR) is 109 cm³/mol. The van der Waals surface area contributed by atoms with E-state index in [0.717, 1.165) is 11.1 Å². The summed E-state index contributed by atoms with van der Waals surface area (Å²) in [6.07, 6.45) is 0. The molecule has 0 unspecified atom stereocenters. The lowest BCUT2D eigenvalue weighted by Crippen LogP contribution is -2.30. The zero-order valence-electron chi connectivity index (χ0n) is 17.3. The van der Waals surface area contributed by atoms with Gasteiger partial charge in [-0.2, -0.15) is 4.80 Å². The van der Waals surface area contributed by atoms with E-state index in [0.29, 0.717) is 23.9 Å². The van der Waals surface area contributed by atoms with Crippen molar-refractivity contribution in [2.45, 2.75) is 26.9 Å². The number of tetrazole rings is 1. The third-order valence-electron chi connectivity index (χ3n) is 4.70. The van der Waals surface area contributed by atoms with E-state index in [1.807, 2.05) is 6.07 Å². The van der Waals surface area contributed by atoms with E-state index in [9.17, 15) is 4.79 Å². The van der Waals surface area contributed by atoms with Crippen molar-refractivity contribution in [1.82, 2.24) is 25.1 Å². The predicted octanol–water partition coefficient (Wildman–Crippen LogP) is 2.63. The molecule has 0 spiro atoms. The lowest BCUT2D eigenvalue weighted by Gasteiger charge is -2.18. The molecule has 0 aliphatic carbocycles. The SMILES string of the molecule is COc1ccc(-c2nnn(CC(=O)N(C)Cc3ccc(C)cc3C)n2)cc1OC. The van der Waals surface area contributed by atoms with Crippen LogP contribution in [0.1, 0.15) is 16.7 Å². The number of hydrogen-bond donors (Lipinski definition) is 0. The van der Waals surface area contributed by atoms with Crippen LogP contribution in [-0.4, -0.2) is 52.3 Å². The summed E-state index contributed by atoms with van der Waals surface area (Å²) in [6, 6.07) is 11.6. The summed E-state index contributed by atoms with van der Waals surface area (Å²) in [6.45, 7) is 4.65. The highest BCUT2D eigenvalue weighted by Crippen LogP contribution is 2.30. The van der Waals surface area contributed by atoms with Crippen LogP contribution in [0.25, 0.3) is 11.4 Å². The van der Waals surface area contributed by atoms with E-state index >= 15 is 0 Å². The fourth-order valence-electron chi connectivity index (χ4n) is 3.01. The monoisotopic (exact) mass is 395 g/mol. The molecule has 1 aromatic heterocycles. The maximum absolute atomic E-state index is 12.6. The first kappa shape index (κ1) is 20.3. The van der Waals surface area contributed by atoms with Gasteiger partial charge in [0.25, 0.3) is 0 Å². The van der Waals surface area contributed by atoms with Crippen molar-refractivity contribution in [2.75, 3.05) is 21.3 Å². The second kappa shape index (κ2) is 8.72. The van der Waals surface area contributed by atoms with E-state index in [1.165, 1.54) is 15.9 Å². The number of aromatic nitrogens is 4. The van der Waals surface area contributed by atoms with Gasteiger partial charge in [0.2, 0.25) is 11.7 Å². The van der Waals surface area contributed by atoms with Crippen molar-refractivity contribution in [3.8, 4) is 22.9 Å². The summed E-state index contributed by atoms with van der Waals surface area (Å²) in [5, 5.41) is 12.4. The number of amides is 1. The van der Waals surface area contributed by atoms with Crippen molar-refractivity contribution >= 4 is 5.91 Å². The Morgan fingerprint density at radius 2 is 1.83 bits per heavy atom. The number of ether oxygens (including phenoxy) is 2. The van der Waals surface area contributed by atoms with Gasteiger partial charge in [-0.3, -0.25) is 4.79 Å². The zero-order chi connectivity index (χ0) is 21.0. The molecule has 2 aromatic carbocycles. The second-order valence-electron chi connectivity index (χ2n) is 6.89. The smallest absolute Gasteiger partial charge is 0.246 e. The molecule has 3 aromatic rings. The summed E-state index contributed by atoms with van der Waals surface area (Å²) in [5.41, 5.74) is 4.21. The van der Waals surface area contributed by atoms with Gasteiger partial charge < -0.3 is 14.4 Å². The maximum atomic E-state index is 12.6. The molecular formula is C21H25N5O3. The number of likely N-dealkylation sites (N-methyl/N-ethyl adjacent to an activating group) is 1. The average Bonchev–Trinajstić information content (AvgIpc) is 3.17. The Morgan fingerprint density at radius 3 is 2.52 bits per heavy atom. The third-order valence-corrected chi connectivity index (χ3v) is 4.70. The van der Waals surface area contributed by atoms with Gasteiger partial charge in [0.1, 0.15) is 6.54 Å². The van der Waals surface area contributed by atoms with Crippen LogP contribution in [0.2, 0.25) is 0 Å². The van der Waals surface area contributed by atoms with Crippen molar-refractivity contribution in [3.05, 3.63) is 53.1 Å². The van der Waals surface area contributed by atoms with Crippen molar-refractivity contribution < 1.29 is 14.3 Å². The first-order chi connectivity index (χ1) is 13.9. The second-order valence-corrected chi connectivity index (χ2v) is 6.89. The fourth-order valence-corrected chi connectivity index (χ4v) is 3.01. The molecule has 1 amide bonds. The van der Waals surface area contributed by atoms with Gasteiger partial charge in [0.05, 0.1) is 14.2 Å². The number of aryl methyl sites for hydroxylation is 2. The summed E-state index contributed by atoms with van der Waals surface area (Å²) >= 11 is 0. The highest BCUT2D eigenvalue weighted by molar-refractivity contribution is 5.75. The van der Waals surface area contributed by atoms with Crippen LogP contribution < -0.4 is 9.47 Å². The largest absolute Gasteiger partial charge is 0.493 e. The van der Waals surface area contributed by atoms with E-state index < -0.39 is 0 Å². The normalized spacial score (nSPS) is 10.7. The quantitative estimate of drug-likeness (QED) is 0.612. The van der Waals surface area contributed by atoms with Gasteiger partial charge in [0, 0.05) is 19.2 Å². The first-order valence-electron chi connectivity index (χ1n) is 9.21. The number of carbonyl (C=O) groups is 1. The number of nitrogens with zero attached hydrogens (tertiary/aromatic N) is 5. The molecule has 1 heterocycles. The minimum atomic E-state index is -0.0961. The molecule has 29 heavy (non-hydrogen) atoms. The maximum Gasteiger partial charge on any atom is 0.246 e. The lowest BCUT2D eigenvalue weighted by atomic mass is 10.1. The van der Waals surface area contributed by atoms with Gasteiger partial charge in [-0.1, -0.05) is 23.8 Å². The Kier molecular flexibility index (Phi) is 6.11. The van der Waals surface area contributed by atoms with E-state index in [2.05, 4.69) is 47.5 Å². The van der Waals surface area contributed by atoms with Crippen LogP contribution >= 0.6 is 0 Å². The van der Waals surface area contributed by atoms with Crippen LogP contribution in [0, 0.1) is 13.8 Å². The molecule has 152 valence electrons. The van der Waals surface area contributed by atoms with E-state index in [1.54, 1.807) is 38.3 Å². The molecule has 0 radical (unpaired) electrons. The molecule has 0 saturated heterocycles. The molecule has 8 nitrogen and oxygen atoms in total. The Morgan fingerprint density at radius 1 is 1.07 bits per heavy atom. The van der Waals surface area contributed by atoms with Gasteiger partial charge in [-0.05, 0) is 48.4 Å². The number of methoxy groups -OCH3 is 2. The highest BCUT2D eigenvalue weighted by atomic mass is 16.5. The summed E-state index contributed by atoms with van der Waals surface area (Å²) in [7, 11) is 4.91. The molecule has 0 atom stereocenters. The van der Waals surface area contributed by atoms with Gasteiger partial charge >= 0.3 is 0 Å². The van der Waals surface area contributed by atoms with Crippen LogP contribution in [0.3, 0.4) is 0 Å². The van der Waals surface area contributed by atoms with Gasteiger partial charge in [-0.15, -0.1) is 10.2 Å². The molecule has 0 saturated carbocycles.